The van der Waals surface area contributed by atoms with Crippen molar-refractivity contribution in [2.24, 2.45) is 0 Å². The van der Waals surface area contributed by atoms with Crippen LogP contribution < -0.4 is 4.74 Å². The number of alkyl halides is 1. The average Bonchev–Trinajstić information content (AvgIpc) is 2.24. The van der Waals surface area contributed by atoms with Crippen LogP contribution in [-0.2, 0) is 4.79 Å². The molecule has 0 aromatic heterocycles. The molecular formula is C12H14Cl2O2. The molecule has 0 heterocycles. The number of hydrogen-bond acceptors (Lipinski definition) is 2. The smallest absolute Gasteiger partial charge is 0.187 e. The summed E-state index contributed by atoms with van der Waals surface area (Å²) < 4.78 is 5.49. The highest BCUT2D eigenvalue weighted by molar-refractivity contribution is 6.32. The van der Waals surface area contributed by atoms with Crippen LogP contribution in [0.15, 0.2) is 12.1 Å². The Balaban J connectivity index is 2.86. The van der Waals surface area contributed by atoms with Crippen molar-refractivity contribution >= 4 is 29.0 Å². The average molecular weight is 261 g/mol. The molecule has 88 valence electrons. The number of benzene rings is 1. The summed E-state index contributed by atoms with van der Waals surface area (Å²) in [5, 5.41) is 0.726. The van der Waals surface area contributed by atoms with Crippen molar-refractivity contribution in [2.45, 2.75) is 26.9 Å². The first-order valence-corrected chi connectivity index (χ1v) is 5.89. The zero-order chi connectivity index (χ0) is 12.3. The molecule has 1 rings (SSSR count). The fraction of sp³-hybridized carbons (Fsp3) is 0.417. The number of hydrogen-bond donors (Lipinski definition) is 0. The van der Waals surface area contributed by atoms with Crippen molar-refractivity contribution in [1.82, 2.24) is 0 Å². The van der Waals surface area contributed by atoms with E-state index in [4.69, 9.17) is 27.9 Å². The third-order valence-electron chi connectivity index (χ3n) is 2.31. The molecule has 0 aliphatic rings. The second-order valence-corrected chi connectivity index (χ2v) is 4.38. The summed E-state index contributed by atoms with van der Waals surface area (Å²) in [6.07, 6.45) is -0.530. The minimum Gasteiger partial charge on any atom is -0.483 e. The van der Waals surface area contributed by atoms with E-state index in [0.29, 0.717) is 5.75 Å². The van der Waals surface area contributed by atoms with Crippen LogP contribution in [0.25, 0.3) is 0 Å². The Bertz CT molecular complexity index is 379. The molecule has 2 nitrogen and oxygen atoms in total. The summed E-state index contributed by atoms with van der Waals surface area (Å²) in [4.78, 5) is 11.3. The minimum absolute atomic E-state index is 0.0350. The summed E-state index contributed by atoms with van der Waals surface area (Å²) in [5.74, 6) is 0.476. The van der Waals surface area contributed by atoms with Gasteiger partial charge in [-0.1, -0.05) is 11.6 Å². The number of aryl methyl sites for hydroxylation is 2. The fourth-order valence-corrected chi connectivity index (χ4v) is 1.68. The highest BCUT2D eigenvalue weighted by Gasteiger charge is 2.14. The third-order valence-corrected chi connectivity index (χ3v) is 3.17. The van der Waals surface area contributed by atoms with Crippen LogP contribution in [0, 0.1) is 13.8 Å². The molecule has 0 radical (unpaired) electrons. The molecule has 0 saturated carbocycles. The number of carbonyl (C=O) groups is 1. The number of carbonyl (C=O) groups excluding carboxylic acids is 1. The Labute approximate surface area is 106 Å². The molecule has 0 fully saturated rings. The largest absolute Gasteiger partial charge is 0.483 e. The molecule has 1 unspecified atom stereocenters. The van der Waals surface area contributed by atoms with Gasteiger partial charge in [0, 0.05) is 5.02 Å². The van der Waals surface area contributed by atoms with Crippen molar-refractivity contribution in [2.75, 3.05) is 5.88 Å². The first-order chi connectivity index (χ1) is 7.45. The minimum atomic E-state index is -0.530. The summed E-state index contributed by atoms with van der Waals surface area (Å²) in [7, 11) is 0. The van der Waals surface area contributed by atoms with Crippen LogP contribution in [0.1, 0.15) is 18.1 Å². The Hall–Kier alpha value is -0.730. The van der Waals surface area contributed by atoms with Crippen LogP contribution in [0.3, 0.4) is 0 Å². The third kappa shape index (κ3) is 3.13. The lowest BCUT2D eigenvalue weighted by atomic mass is 10.1. The van der Waals surface area contributed by atoms with E-state index >= 15 is 0 Å². The normalized spacial score (nSPS) is 12.3. The van der Waals surface area contributed by atoms with Crippen LogP contribution >= 0.6 is 23.2 Å². The highest BCUT2D eigenvalue weighted by atomic mass is 35.5. The Kier molecular flexibility index (Phi) is 4.63. The van der Waals surface area contributed by atoms with Gasteiger partial charge in [0.2, 0.25) is 0 Å². The van der Waals surface area contributed by atoms with E-state index < -0.39 is 6.10 Å². The fourth-order valence-electron chi connectivity index (χ4n) is 1.35. The molecule has 0 saturated heterocycles. The maximum absolute atomic E-state index is 11.3. The maximum atomic E-state index is 11.3. The molecule has 0 bridgehead atoms. The van der Waals surface area contributed by atoms with E-state index in [1.807, 2.05) is 26.0 Å². The second kappa shape index (κ2) is 5.55. The van der Waals surface area contributed by atoms with E-state index in [2.05, 4.69) is 0 Å². The lowest BCUT2D eigenvalue weighted by Gasteiger charge is -2.14. The monoisotopic (exact) mass is 260 g/mol. The molecule has 1 atom stereocenters. The lowest BCUT2D eigenvalue weighted by Crippen LogP contribution is -2.24. The molecule has 1 aromatic carbocycles. The van der Waals surface area contributed by atoms with Gasteiger partial charge in [0.25, 0.3) is 0 Å². The Morgan fingerprint density at radius 1 is 1.38 bits per heavy atom. The number of Topliss-reactive ketones (excluding diaryl/α,β-unsaturated/α-hetero) is 1. The van der Waals surface area contributed by atoms with Gasteiger partial charge in [-0.15, -0.1) is 11.6 Å². The van der Waals surface area contributed by atoms with Gasteiger partial charge in [0.05, 0.1) is 5.88 Å². The van der Waals surface area contributed by atoms with E-state index in [1.54, 1.807) is 6.92 Å². The summed E-state index contributed by atoms with van der Waals surface area (Å²) >= 11 is 11.5. The lowest BCUT2D eigenvalue weighted by molar-refractivity contribution is -0.122. The van der Waals surface area contributed by atoms with Crippen molar-refractivity contribution < 1.29 is 9.53 Å². The van der Waals surface area contributed by atoms with Crippen molar-refractivity contribution in [3.8, 4) is 5.75 Å². The maximum Gasteiger partial charge on any atom is 0.187 e. The van der Waals surface area contributed by atoms with Gasteiger partial charge in [-0.2, -0.15) is 0 Å². The van der Waals surface area contributed by atoms with Gasteiger partial charge in [-0.3, -0.25) is 4.79 Å². The first kappa shape index (κ1) is 13.3. The van der Waals surface area contributed by atoms with Gasteiger partial charge in [0.15, 0.2) is 11.9 Å². The zero-order valence-electron chi connectivity index (χ0n) is 9.51. The van der Waals surface area contributed by atoms with Crippen LogP contribution in [0.2, 0.25) is 5.02 Å². The summed E-state index contributed by atoms with van der Waals surface area (Å²) in [5.41, 5.74) is 1.87. The molecule has 0 amide bonds. The quantitative estimate of drug-likeness (QED) is 0.775. The summed E-state index contributed by atoms with van der Waals surface area (Å²) in [6, 6.07) is 3.63. The van der Waals surface area contributed by atoms with E-state index in [0.717, 1.165) is 16.1 Å². The van der Waals surface area contributed by atoms with Crippen molar-refractivity contribution in [3.63, 3.8) is 0 Å². The Morgan fingerprint density at radius 2 is 1.88 bits per heavy atom. The van der Waals surface area contributed by atoms with Crippen LogP contribution in [0.5, 0.6) is 5.75 Å². The molecule has 0 aliphatic heterocycles. The van der Waals surface area contributed by atoms with E-state index in [-0.39, 0.29) is 11.7 Å². The van der Waals surface area contributed by atoms with Gasteiger partial charge < -0.3 is 4.74 Å². The van der Waals surface area contributed by atoms with Crippen LogP contribution in [0.4, 0.5) is 0 Å². The molecule has 0 aliphatic carbocycles. The Morgan fingerprint density at radius 3 is 2.31 bits per heavy atom. The molecular weight excluding hydrogens is 247 g/mol. The first-order valence-electron chi connectivity index (χ1n) is 4.97. The predicted molar refractivity (Wildman–Crippen MR) is 66.7 cm³/mol. The molecule has 0 spiro atoms. The predicted octanol–water partition coefficient (Wildman–Crippen LogP) is 3.53. The number of rotatable bonds is 4. The van der Waals surface area contributed by atoms with Gasteiger partial charge in [-0.25, -0.2) is 0 Å². The van der Waals surface area contributed by atoms with Crippen molar-refractivity contribution in [3.05, 3.63) is 28.3 Å². The van der Waals surface area contributed by atoms with Gasteiger partial charge in [-0.05, 0) is 44.0 Å². The zero-order valence-corrected chi connectivity index (χ0v) is 11.0. The molecule has 1 aromatic rings. The SMILES string of the molecule is Cc1cc(OC(C)C(=O)CCl)cc(C)c1Cl. The number of ether oxygens (including phenoxy) is 1. The molecule has 16 heavy (non-hydrogen) atoms. The van der Waals surface area contributed by atoms with Crippen molar-refractivity contribution in [1.29, 1.82) is 0 Å². The summed E-state index contributed by atoms with van der Waals surface area (Å²) in [6.45, 7) is 5.48. The number of halogens is 2. The van der Waals surface area contributed by atoms with Gasteiger partial charge >= 0.3 is 0 Å². The molecule has 0 N–H and O–H groups in total. The number of ketones is 1. The van der Waals surface area contributed by atoms with Gasteiger partial charge in [0.1, 0.15) is 5.75 Å². The topological polar surface area (TPSA) is 26.3 Å². The van der Waals surface area contributed by atoms with E-state index in [9.17, 15) is 4.79 Å². The highest BCUT2D eigenvalue weighted by Crippen LogP contribution is 2.26. The van der Waals surface area contributed by atoms with Crippen LogP contribution in [-0.4, -0.2) is 17.8 Å². The second-order valence-electron chi connectivity index (χ2n) is 3.73. The molecule has 4 heteroatoms. The van der Waals surface area contributed by atoms with E-state index in [1.165, 1.54) is 0 Å². The standard InChI is InChI=1S/C12H14Cl2O2/c1-7-4-10(5-8(2)12(7)14)16-9(3)11(15)6-13/h4-5,9H,6H2,1-3H3.